The smallest absolute Gasteiger partial charge is 0.329 e. The summed E-state index contributed by atoms with van der Waals surface area (Å²) in [5, 5.41) is 9.24. The average Bonchev–Trinajstić information content (AvgIpc) is 2.17. The summed E-state index contributed by atoms with van der Waals surface area (Å²) in [4.78, 5) is 11.3. The monoisotopic (exact) mass is 266 g/mol. The van der Waals surface area contributed by atoms with E-state index in [1.54, 1.807) is 0 Å². The molecule has 1 saturated carbocycles. The van der Waals surface area contributed by atoms with Crippen molar-refractivity contribution in [2.24, 2.45) is 0 Å². The predicted molar refractivity (Wildman–Crippen MR) is 62.5 cm³/mol. The first-order valence-corrected chi connectivity index (χ1v) is 7.27. The number of carboxylic acids is 1. The lowest BCUT2D eigenvalue weighted by Gasteiger charge is -2.34. The van der Waals surface area contributed by atoms with Gasteiger partial charge in [0.15, 0.2) is 14.6 Å². The lowest BCUT2D eigenvalue weighted by molar-refractivity contribution is -0.139. The topological polar surface area (TPSA) is 71.4 Å². The van der Waals surface area contributed by atoms with Crippen molar-refractivity contribution in [3.8, 4) is 0 Å². The van der Waals surface area contributed by atoms with E-state index in [4.69, 9.17) is 11.6 Å². The fourth-order valence-electron chi connectivity index (χ4n) is 2.13. The molecule has 0 aromatic heterocycles. The molecule has 0 aromatic rings. The average molecular weight is 267 g/mol. The second-order valence-corrected chi connectivity index (χ2v) is 6.66. The molecule has 1 N–H and O–H groups in total. The van der Waals surface area contributed by atoms with E-state index in [9.17, 15) is 18.3 Å². The third kappa shape index (κ3) is 1.98. The van der Waals surface area contributed by atoms with Gasteiger partial charge in [0, 0.05) is 5.88 Å². The first-order chi connectivity index (χ1) is 7.38. The molecule has 0 radical (unpaired) electrons. The molecule has 1 rings (SSSR count). The minimum atomic E-state index is -3.77. The molecule has 0 aliphatic heterocycles. The number of carboxylic acid groups (broad SMARTS) is 1. The molecule has 6 heteroatoms. The maximum Gasteiger partial charge on any atom is 0.329 e. The Morgan fingerprint density at radius 3 is 2.56 bits per heavy atom. The van der Waals surface area contributed by atoms with Crippen molar-refractivity contribution >= 4 is 27.4 Å². The van der Waals surface area contributed by atoms with Crippen LogP contribution in [0.25, 0.3) is 0 Å². The van der Waals surface area contributed by atoms with Gasteiger partial charge < -0.3 is 5.11 Å². The van der Waals surface area contributed by atoms with E-state index >= 15 is 0 Å². The van der Waals surface area contributed by atoms with E-state index in [1.807, 2.05) is 0 Å². The van der Waals surface area contributed by atoms with Crippen molar-refractivity contribution in [2.45, 2.75) is 30.4 Å². The summed E-state index contributed by atoms with van der Waals surface area (Å²) < 4.78 is 22.3. The number of sulfone groups is 1. The molecule has 0 spiro atoms. The van der Waals surface area contributed by atoms with E-state index in [-0.39, 0.29) is 23.6 Å². The summed E-state index contributed by atoms with van der Waals surface area (Å²) in [7, 11) is -3.77. The molecule has 1 fully saturated rings. The van der Waals surface area contributed by atoms with E-state index in [2.05, 4.69) is 6.58 Å². The van der Waals surface area contributed by atoms with E-state index in [0.29, 0.717) is 12.8 Å². The molecule has 0 bridgehead atoms. The van der Waals surface area contributed by atoms with Gasteiger partial charge in [0.05, 0.1) is 5.75 Å². The Bertz CT molecular complexity index is 401. The molecule has 0 heterocycles. The van der Waals surface area contributed by atoms with E-state index < -0.39 is 20.6 Å². The Morgan fingerprint density at radius 1 is 1.50 bits per heavy atom. The summed E-state index contributed by atoms with van der Waals surface area (Å²) in [6.45, 7) is 3.63. The normalized spacial score (nSPS) is 26.7. The number of carbonyl (C=O) groups is 1. The summed E-state index contributed by atoms with van der Waals surface area (Å²) >= 11 is 5.42. The lowest BCUT2D eigenvalue weighted by Crippen LogP contribution is -2.50. The van der Waals surface area contributed by atoms with E-state index in [1.165, 1.54) is 0 Å². The third-order valence-corrected chi connectivity index (χ3v) is 5.93. The maximum absolute atomic E-state index is 12.0. The van der Waals surface area contributed by atoms with Crippen molar-refractivity contribution in [3.63, 3.8) is 0 Å². The first-order valence-electron chi connectivity index (χ1n) is 5.08. The van der Waals surface area contributed by atoms with E-state index in [0.717, 1.165) is 6.42 Å². The van der Waals surface area contributed by atoms with Crippen LogP contribution in [0.5, 0.6) is 0 Å². The zero-order chi connectivity index (χ0) is 12.4. The fraction of sp³-hybridized carbons (Fsp3) is 0.700. The van der Waals surface area contributed by atoms with Gasteiger partial charge in [0.1, 0.15) is 0 Å². The summed E-state index contributed by atoms with van der Waals surface area (Å²) in [6, 6.07) is 0. The third-order valence-electron chi connectivity index (χ3n) is 3.05. The van der Waals surface area contributed by atoms with Crippen LogP contribution in [0, 0.1) is 0 Å². The fourth-order valence-corrected chi connectivity index (χ4v) is 4.56. The molecule has 0 amide bonds. The zero-order valence-corrected chi connectivity index (χ0v) is 10.5. The Kier molecular flexibility index (Phi) is 4.02. The number of rotatable bonds is 4. The Balaban J connectivity index is 3.25. The number of hydrogen-bond donors (Lipinski definition) is 1. The summed E-state index contributed by atoms with van der Waals surface area (Å²) in [5.74, 6) is -1.73. The number of hydrogen-bond acceptors (Lipinski definition) is 3. The van der Waals surface area contributed by atoms with Crippen LogP contribution in [0.1, 0.15) is 25.7 Å². The number of halogens is 1. The van der Waals surface area contributed by atoms with Gasteiger partial charge in [-0.15, -0.1) is 11.6 Å². The molecule has 1 aliphatic rings. The molecule has 4 nitrogen and oxygen atoms in total. The van der Waals surface area contributed by atoms with Crippen LogP contribution in [-0.4, -0.2) is 35.9 Å². The number of aliphatic carboxylic acids is 1. The van der Waals surface area contributed by atoms with Crippen LogP contribution in [-0.2, 0) is 14.6 Å². The SMILES string of the molecule is C=C1CCCCC1(C(=O)O)S(=O)(=O)CCCl. The second-order valence-electron chi connectivity index (χ2n) is 3.95. The lowest BCUT2D eigenvalue weighted by atomic mass is 9.84. The molecule has 16 heavy (non-hydrogen) atoms. The van der Waals surface area contributed by atoms with Crippen molar-refractivity contribution in [2.75, 3.05) is 11.6 Å². The van der Waals surface area contributed by atoms with Gasteiger partial charge in [-0.05, 0) is 24.8 Å². The van der Waals surface area contributed by atoms with Crippen LogP contribution in [0.4, 0.5) is 0 Å². The first kappa shape index (κ1) is 13.5. The van der Waals surface area contributed by atoms with Crippen LogP contribution in [0.15, 0.2) is 12.2 Å². The molecule has 1 unspecified atom stereocenters. The van der Waals surface area contributed by atoms with Crippen LogP contribution in [0.2, 0.25) is 0 Å². The van der Waals surface area contributed by atoms with Crippen LogP contribution < -0.4 is 0 Å². The highest BCUT2D eigenvalue weighted by Crippen LogP contribution is 2.39. The van der Waals surface area contributed by atoms with Crippen molar-refractivity contribution in [1.82, 2.24) is 0 Å². The maximum atomic E-state index is 12.0. The molecule has 1 aliphatic carbocycles. The van der Waals surface area contributed by atoms with Gasteiger partial charge in [-0.25, -0.2) is 8.42 Å². The minimum absolute atomic E-state index is 0.0926. The Hall–Kier alpha value is -0.550. The molecule has 92 valence electrons. The van der Waals surface area contributed by atoms with Gasteiger partial charge in [-0.1, -0.05) is 13.0 Å². The van der Waals surface area contributed by atoms with Crippen molar-refractivity contribution < 1.29 is 18.3 Å². The van der Waals surface area contributed by atoms with Gasteiger partial charge >= 0.3 is 5.97 Å². The quantitative estimate of drug-likeness (QED) is 0.620. The highest BCUT2D eigenvalue weighted by Gasteiger charge is 2.53. The predicted octanol–water partition coefficient (Wildman–Crippen LogP) is 1.59. The number of alkyl halides is 1. The second kappa shape index (κ2) is 4.75. The van der Waals surface area contributed by atoms with Gasteiger partial charge in [-0.3, -0.25) is 4.79 Å². The largest absolute Gasteiger partial charge is 0.480 e. The van der Waals surface area contributed by atoms with Crippen LogP contribution >= 0.6 is 11.6 Å². The molecular formula is C10H15ClO4S. The van der Waals surface area contributed by atoms with Crippen molar-refractivity contribution in [1.29, 1.82) is 0 Å². The summed E-state index contributed by atoms with van der Waals surface area (Å²) in [5.41, 5.74) is 0.288. The standard InChI is InChI=1S/C10H15ClO4S/c1-8-4-2-3-5-10(8,9(12)13)16(14,15)7-6-11/h1-7H2,(H,12,13). The Labute approximate surface area is 100 Å². The molecule has 0 aromatic carbocycles. The highest BCUT2D eigenvalue weighted by molar-refractivity contribution is 7.93. The summed E-state index contributed by atoms with van der Waals surface area (Å²) in [6.07, 6.45) is 1.95. The molecular weight excluding hydrogens is 252 g/mol. The zero-order valence-electron chi connectivity index (χ0n) is 8.91. The van der Waals surface area contributed by atoms with Gasteiger partial charge in [-0.2, -0.15) is 0 Å². The molecule has 1 atom stereocenters. The highest BCUT2D eigenvalue weighted by atomic mass is 35.5. The van der Waals surface area contributed by atoms with Crippen LogP contribution in [0.3, 0.4) is 0 Å². The van der Waals surface area contributed by atoms with Gasteiger partial charge in [0.25, 0.3) is 0 Å². The minimum Gasteiger partial charge on any atom is -0.480 e. The Morgan fingerprint density at radius 2 is 2.12 bits per heavy atom. The molecule has 0 saturated heterocycles. The van der Waals surface area contributed by atoms with Crippen molar-refractivity contribution in [3.05, 3.63) is 12.2 Å². The van der Waals surface area contributed by atoms with Gasteiger partial charge in [0.2, 0.25) is 0 Å².